The Kier molecular flexibility index (Phi) is 9.42. The average molecular weight is 523 g/mol. The van der Waals surface area contributed by atoms with Crippen LogP contribution in [0.4, 0.5) is 10.5 Å². The number of rotatable bonds is 11. The number of amides is 3. The second-order valence-electron chi connectivity index (χ2n) is 9.68. The first kappa shape index (κ1) is 28.2. The number of anilines is 1. The molecule has 0 saturated heterocycles. The number of allylic oxidation sites excluding steroid dienone is 1. The van der Waals surface area contributed by atoms with Crippen molar-refractivity contribution >= 4 is 34.6 Å². The highest BCUT2D eigenvalue weighted by atomic mass is 16.4. The summed E-state index contributed by atoms with van der Waals surface area (Å²) in [5.41, 5.74) is 3.31. The monoisotopic (exact) mass is 522 g/mol. The van der Waals surface area contributed by atoms with Crippen molar-refractivity contribution in [3.63, 3.8) is 0 Å². The van der Waals surface area contributed by atoms with Gasteiger partial charge in [0.25, 0.3) is 5.56 Å². The van der Waals surface area contributed by atoms with Gasteiger partial charge in [0.1, 0.15) is 11.7 Å². The minimum atomic E-state index is -1.37. The number of carbonyl (C=O) groups excluding carboxylic acids is 2. The maximum absolute atomic E-state index is 13.1. The van der Waals surface area contributed by atoms with Gasteiger partial charge in [-0.1, -0.05) is 19.9 Å². The van der Waals surface area contributed by atoms with E-state index in [1.807, 2.05) is 12.1 Å². The normalized spacial score (nSPS) is 12.1. The molecule has 3 amide bonds. The van der Waals surface area contributed by atoms with Gasteiger partial charge in [0.05, 0.1) is 17.6 Å². The largest absolute Gasteiger partial charge is 0.465 e. The highest BCUT2D eigenvalue weighted by Gasteiger charge is 2.21. The molecular formula is C27H34N6O5. The minimum Gasteiger partial charge on any atom is -0.465 e. The van der Waals surface area contributed by atoms with E-state index in [0.29, 0.717) is 5.92 Å². The number of hydrogen-bond acceptors (Lipinski definition) is 5. The molecule has 0 aliphatic heterocycles. The van der Waals surface area contributed by atoms with Crippen LogP contribution in [0.5, 0.6) is 0 Å². The van der Waals surface area contributed by atoms with Crippen molar-refractivity contribution in [1.82, 2.24) is 24.8 Å². The molecule has 0 aliphatic rings. The molecule has 1 unspecified atom stereocenters. The Morgan fingerprint density at radius 1 is 1.24 bits per heavy atom. The number of nitrogens with zero attached hydrogens (tertiary/aromatic N) is 3. The van der Waals surface area contributed by atoms with Gasteiger partial charge in [-0.05, 0) is 61.1 Å². The molecule has 202 valence electrons. The zero-order chi connectivity index (χ0) is 27.8. The van der Waals surface area contributed by atoms with Crippen molar-refractivity contribution < 1.29 is 19.5 Å². The van der Waals surface area contributed by atoms with E-state index in [0.717, 1.165) is 28.7 Å². The molecule has 1 atom stereocenters. The number of likely N-dealkylation sites (N-methyl/N-ethyl adjacent to an activating group) is 1. The molecular weight excluding hydrogens is 488 g/mol. The molecule has 11 heteroatoms. The fourth-order valence-corrected chi connectivity index (χ4v) is 4.00. The summed E-state index contributed by atoms with van der Waals surface area (Å²) in [6, 6.07) is 5.88. The van der Waals surface area contributed by atoms with Crippen LogP contribution < -0.4 is 16.2 Å². The summed E-state index contributed by atoms with van der Waals surface area (Å²) in [6.45, 7) is 4.53. The van der Waals surface area contributed by atoms with Gasteiger partial charge in [-0.25, -0.2) is 4.79 Å². The number of aromatic amines is 1. The molecule has 38 heavy (non-hydrogen) atoms. The van der Waals surface area contributed by atoms with E-state index in [4.69, 9.17) is 5.11 Å². The lowest BCUT2D eigenvalue weighted by Crippen LogP contribution is -2.44. The Morgan fingerprint density at radius 3 is 2.68 bits per heavy atom. The van der Waals surface area contributed by atoms with Crippen LogP contribution in [0.3, 0.4) is 0 Å². The molecule has 11 nitrogen and oxygen atoms in total. The number of H-pyrrole nitrogens is 1. The third kappa shape index (κ3) is 7.55. The molecule has 3 aromatic heterocycles. The molecule has 3 aromatic rings. The van der Waals surface area contributed by atoms with Crippen molar-refractivity contribution in [2.24, 2.45) is 5.92 Å². The topological polar surface area (TPSA) is 149 Å². The number of hydrogen-bond donors (Lipinski definition) is 4. The molecule has 0 bridgehead atoms. The Balaban J connectivity index is 1.74. The smallest absolute Gasteiger partial charge is 0.405 e. The van der Waals surface area contributed by atoms with E-state index in [2.05, 4.69) is 34.4 Å². The molecule has 4 N–H and O–H groups in total. The molecule has 3 heterocycles. The van der Waals surface area contributed by atoms with Gasteiger partial charge >= 0.3 is 6.09 Å². The van der Waals surface area contributed by atoms with E-state index < -0.39 is 23.6 Å². The number of aromatic nitrogens is 3. The SMILES string of the molecule is CC(C)Cc1ccnc2cc(Cn3cccc(NC(=O)C(CC/C=C/C(=O)N(C)C)NC(=O)O)c3=O)[nH]c12. The summed E-state index contributed by atoms with van der Waals surface area (Å²) in [4.78, 5) is 58.0. The van der Waals surface area contributed by atoms with Crippen LogP contribution in [0, 0.1) is 5.92 Å². The van der Waals surface area contributed by atoms with Crippen molar-refractivity contribution in [3.8, 4) is 0 Å². The second kappa shape index (κ2) is 12.7. The third-order valence-electron chi connectivity index (χ3n) is 5.85. The van der Waals surface area contributed by atoms with Gasteiger partial charge in [0.15, 0.2) is 0 Å². The number of nitrogens with one attached hydrogen (secondary N) is 3. The maximum Gasteiger partial charge on any atom is 0.405 e. The van der Waals surface area contributed by atoms with Gasteiger partial charge in [-0.15, -0.1) is 0 Å². The quantitative estimate of drug-likeness (QED) is 0.285. The van der Waals surface area contributed by atoms with Crippen LogP contribution in [-0.2, 0) is 22.6 Å². The average Bonchev–Trinajstić information content (AvgIpc) is 3.26. The van der Waals surface area contributed by atoms with Crippen LogP contribution in [0.2, 0.25) is 0 Å². The number of pyridine rings is 2. The lowest BCUT2D eigenvalue weighted by molar-refractivity contribution is -0.123. The van der Waals surface area contributed by atoms with Gasteiger partial charge in [0, 0.05) is 32.2 Å². The van der Waals surface area contributed by atoms with E-state index in [1.54, 1.807) is 38.6 Å². The lowest BCUT2D eigenvalue weighted by atomic mass is 10.0. The molecule has 3 rings (SSSR count). The summed E-state index contributed by atoms with van der Waals surface area (Å²) >= 11 is 0. The van der Waals surface area contributed by atoms with E-state index in [9.17, 15) is 19.2 Å². The molecule has 0 fully saturated rings. The van der Waals surface area contributed by atoms with Crippen molar-refractivity contribution in [3.05, 3.63) is 70.4 Å². The zero-order valence-electron chi connectivity index (χ0n) is 22.0. The summed E-state index contributed by atoms with van der Waals surface area (Å²) in [5, 5.41) is 13.9. The molecule has 0 aliphatic carbocycles. The van der Waals surface area contributed by atoms with Crippen LogP contribution in [-0.4, -0.2) is 62.6 Å². The Bertz CT molecular complexity index is 1390. The number of carbonyl (C=O) groups is 3. The summed E-state index contributed by atoms with van der Waals surface area (Å²) in [5.74, 6) is -0.405. The fourth-order valence-electron chi connectivity index (χ4n) is 4.00. The molecule has 0 radical (unpaired) electrons. The van der Waals surface area contributed by atoms with Crippen LogP contribution in [0.1, 0.15) is 37.9 Å². The van der Waals surface area contributed by atoms with Crippen LogP contribution in [0.25, 0.3) is 11.0 Å². The third-order valence-corrected chi connectivity index (χ3v) is 5.85. The maximum atomic E-state index is 13.1. The van der Waals surface area contributed by atoms with Gasteiger partial charge < -0.3 is 30.2 Å². The first-order valence-electron chi connectivity index (χ1n) is 12.4. The lowest BCUT2D eigenvalue weighted by Gasteiger charge is -2.16. The van der Waals surface area contributed by atoms with E-state index >= 15 is 0 Å². The molecule has 0 aromatic carbocycles. The van der Waals surface area contributed by atoms with Gasteiger partial charge in [-0.2, -0.15) is 0 Å². The molecule has 0 spiro atoms. The van der Waals surface area contributed by atoms with E-state index in [1.165, 1.54) is 21.6 Å². The van der Waals surface area contributed by atoms with E-state index in [-0.39, 0.29) is 31.0 Å². The Hall–Kier alpha value is -4.41. The predicted molar refractivity (Wildman–Crippen MR) is 145 cm³/mol. The fraction of sp³-hybridized carbons (Fsp3) is 0.370. The Morgan fingerprint density at radius 2 is 2.00 bits per heavy atom. The highest BCUT2D eigenvalue weighted by molar-refractivity contribution is 5.96. The Labute approximate surface area is 220 Å². The minimum absolute atomic E-state index is 0.0303. The highest BCUT2D eigenvalue weighted by Crippen LogP contribution is 2.20. The number of fused-ring (bicyclic) bond motifs is 1. The second-order valence-corrected chi connectivity index (χ2v) is 9.68. The first-order valence-corrected chi connectivity index (χ1v) is 12.4. The number of carboxylic acid groups (broad SMARTS) is 1. The zero-order valence-corrected chi connectivity index (χ0v) is 22.0. The standard InChI is InChI=1S/C27H34N6O5/c1-17(2)14-18-11-12-28-22-15-19(29-24(18)22)16-33-13-7-9-21(26(33)36)30-25(35)20(31-27(37)38)8-5-6-10-23(34)32(3)4/h6-7,9-13,15,17,20,29,31H,5,8,14,16H2,1-4H3,(H,30,35)(H,37,38)/b10-6+. The summed E-state index contributed by atoms with van der Waals surface area (Å²) < 4.78 is 1.46. The van der Waals surface area contributed by atoms with Crippen molar-refractivity contribution in [2.75, 3.05) is 19.4 Å². The molecule has 0 saturated carbocycles. The summed E-state index contributed by atoms with van der Waals surface area (Å²) in [7, 11) is 3.22. The van der Waals surface area contributed by atoms with Crippen molar-refractivity contribution in [2.45, 2.75) is 45.7 Å². The van der Waals surface area contributed by atoms with Crippen LogP contribution in [0.15, 0.2) is 53.6 Å². The van der Waals surface area contributed by atoms with Gasteiger partial charge in [-0.3, -0.25) is 19.4 Å². The predicted octanol–water partition coefficient (Wildman–Crippen LogP) is 2.97. The first-order chi connectivity index (χ1) is 18.0. The van der Waals surface area contributed by atoms with Crippen LogP contribution >= 0.6 is 0 Å². The summed E-state index contributed by atoms with van der Waals surface area (Å²) in [6.07, 6.45) is 6.24. The van der Waals surface area contributed by atoms with Crippen molar-refractivity contribution in [1.29, 1.82) is 0 Å². The van der Waals surface area contributed by atoms with Gasteiger partial charge in [0.2, 0.25) is 11.8 Å².